The summed E-state index contributed by atoms with van der Waals surface area (Å²) in [5.74, 6) is -1.43. The van der Waals surface area contributed by atoms with E-state index in [-0.39, 0.29) is 6.04 Å². The molecule has 1 aliphatic rings. The summed E-state index contributed by atoms with van der Waals surface area (Å²) < 4.78 is 1.71. The van der Waals surface area contributed by atoms with E-state index in [0.717, 1.165) is 11.1 Å². The normalized spacial score (nSPS) is 19.0. The molecule has 0 bridgehead atoms. The Bertz CT molecular complexity index is 1040. The molecule has 9 nitrogen and oxygen atoms in total. The second-order valence-electron chi connectivity index (χ2n) is 7.26. The fraction of sp³-hybridized carbons (Fsp3) is 0.238. The van der Waals surface area contributed by atoms with Crippen molar-refractivity contribution in [3.8, 4) is 11.3 Å². The van der Waals surface area contributed by atoms with Gasteiger partial charge >= 0.3 is 5.97 Å². The van der Waals surface area contributed by atoms with E-state index < -0.39 is 17.9 Å². The molecule has 2 heterocycles. The smallest absolute Gasteiger partial charge is 0.321 e. The Kier molecular flexibility index (Phi) is 5.55. The van der Waals surface area contributed by atoms with Crippen LogP contribution in [0.3, 0.4) is 0 Å². The number of carbonyl (C=O) groups excluding carboxylic acids is 1. The molecule has 0 aliphatic carbocycles. The van der Waals surface area contributed by atoms with Gasteiger partial charge in [-0.25, -0.2) is 10.2 Å². The third kappa shape index (κ3) is 4.07. The lowest BCUT2D eigenvalue weighted by Crippen LogP contribution is -2.35. The first-order valence-corrected chi connectivity index (χ1v) is 9.52. The molecular formula is C21H21N5O4. The van der Waals surface area contributed by atoms with Crippen LogP contribution in [0.1, 0.15) is 28.4 Å². The number of nitrogens with one attached hydrogen (secondary N) is 1. The van der Waals surface area contributed by atoms with Crippen molar-refractivity contribution in [1.82, 2.24) is 25.4 Å². The average Bonchev–Trinajstić information content (AvgIpc) is 3.41. The first-order chi connectivity index (χ1) is 14.5. The van der Waals surface area contributed by atoms with Crippen LogP contribution in [0.2, 0.25) is 0 Å². The van der Waals surface area contributed by atoms with Crippen molar-refractivity contribution in [1.29, 1.82) is 0 Å². The van der Waals surface area contributed by atoms with Crippen molar-refractivity contribution in [2.75, 3.05) is 6.54 Å². The molecule has 1 fully saturated rings. The van der Waals surface area contributed by atoms with Crippen LogP contribution in [0.25, 0.3) is 11.3 Å². The minimum atomic E-state index is -0.841. The Morgan fingerprint density at radius 3 is 2.50 bits per heavy atom. The zero-order chi connectivity index (χ0) is 21.1. The Balaban J connectivity index is 1.50. The summed E-state index contributed by atoms with van der Waals surface area (Å²) in [6.07, 6.45) is 2.23. The molecule has 1 saturated heterocycles. The number of aliphatic carboxylic acids is 1. The van der Waals surface area contributed by atoms with Gasteiger partial charge in [0.25, 0.3) is 5.91 Å². The summed E-state index contributed by atoms with van der Waals surface area (Å²) in [6.45, 7) is 1.12. The quantitative estimate of drug-likeness (QED) is 0.422. The third-order valence-electron chi connectivity index (χ3n) is 5.32. The first-order valence-electron chi connectivity index (χ1n) is 9.52. The van der Waals surface area contributed by atoms with E-state index in [4.69, 9.17) is 5.21 Å². The Morgan fingerprint density at radius 1 is 1.10 bits per heavy atom. The summed E-state index contributed by atoms with van der Waals surface area (Å²) in [4.78, 5) is 25.2. The van der Waals surface area contributed by atoms with Gasteiger partial charge in [-0.2, -0.15) is 0 Å². The summed E-state index contributed by atoms with van der Waals surface area (Å²) in [6, 6.07) is 15.7. The van der Waals surface area contributed by atoms with Gasteiger partial charge in [-0.15, -0.1) is 5.10 Å². The second-order valence-corrected chi connectivity index (χ2v) is 7.26. The molecule has 1 aliphatic heterocycles. The number of carbonyl (C=O) groups is 2. The number of amides is 1. The minimum absolute atomic E-state index is 0.101. The summed E-state index contributed by atoms with van der Waals surface area (Å²) in [7, 11) is 0. The number of rotatable bonds is 6. The topological polar surface area (TPSA) is 121 Å². The third-order valence-corrected chi connectivity index (χ3v) is 5.32. The van der Waals surface area contributed by atoms with Gasteiger partial charge < -0.3 is 5.11 Å². The van der Waals surface area contributed by atoms with Crippen molar-refractivity contribution < 1.29 is 19.9 Å². The highest BCUT2D eigenvalue weighted by Crippen LogP contribution is 2.29. The highest BCUT2D eigenvalue weighted by molar-refractivity contribution is 5.93. The van der Waals surface area contributed by atoms with Crippen molar-refractivity contribution in [2.24, 2.45) is 0 Å². The molecule has 0 saturated carbocycles. The zero-order valence-corrected chi connectivity index (χ0v) is 16.0. The molecule has 3 aromatic rings. The van der Waals surface area contributed by atoms with E-state index in [1.165, 1.54) is 0 Å². The maximum atomic E-state index is 11.8. The molecular weight excluding hydrogens is 386 g/mol. The van der Waals surface area contributed by atoms with Crippen LogP contribution < -0.4 is 5.48 Å². The fourth-order valence-electron chi connectivity index (χ4n) is 3.76. The van der Waals surface area contributed by atoms with E-state index in [2.05, 4.69) is 10.3 Å². The van der Waals surface area contributed by atoms with Crippen LogP contribution in [0, 0.1) is 0 Å². The summed E-state index contributed by atoms with van der Waals surface area (Å²) in [5.41, 5.74) is 4.38. The van der Waals surface area contributed by atoms with Crippen LogP contribution in [0.15, 0.2) is 60.8 Å². The Hall–Kier alpha value is -3.56. The number of likely N-dealkylation sites (tertiary alicyclic amines) is 1. The maximum absolute atomic E-state index is 11.8. The SMILES string of the molecule is O=C(NO)c1ccc(-c2cn([C@H]3C[C@@H](C(=O)O)N(Cc4ccccc4)C3)nn2)cc1. The van der Waals surface area contributed by atoms with E-state index in [9.17, 15) is 14.7 Å². The van der Waals surface area contributed by atoms with Crippen molar-refractivity contribution in [3.05, 3.63) is 71.9 Å². The van der Waals surface area contributed by atoms with Crippen LogP contribution in [-0.4, -0.2) is 54.7 Å². The number of hydrogen-bond donors (Lipinski definition) is 3. The van der Waals surface area contributed by atoms with E-state index >= 15 is 0 Å². The highest BCUT2D eigenvalue weighted by Gasteiger charge is 2.38. The molecule has 9 heteroatoms. The van der Waals surface area contributed by atoms with Crippen molar-refractivity contribution >= 4 is 11.9 Å². The molecule has 0 radical (unpaired) electrons. The average molecular weight is 407 g/mol. The molecule has 4 rings (SSSR count). The van der Waals surface area contributed by atoms with Crippen LogP contribution >= 0.6 is 0 Å². The molecule has 3 N–H and O–H groups in total. The molecule has 1 aromatic heterocycles. The monoisotopic (exact) mass is 407 g/mol. The first kappa shape index (κ1) is 19.7. The van der Waals surface area contributed by atoms with Crippen molar-refractivity contribution in [2.45, 2.75) is 25.0 Å². The molecule has 154 valence electrons. The molecule has 2 atom stereocenters. The van der Waals surface area contributed by atoms with Crippen molar-refractivity contribution in [3.63, 3.8) is 0 Å². The Labute approximate surface area is 172 Å². The standard InChI is InChI=1S/C21H21N5O4/c27-20(23-30)16-8-6-15(7-9-16)18-13-26(24-22-18)17-10-19(21(28)29)25(12-17)11-14-4-2-1-3-5-14/h1-9,13,17,19,30H,10-12H2,(H,23,27)(H,28,29)/t17-,19-/m0/s1. The maximum Gasteiger partial charge on any atom is 0.321 e. The lowest BCUT2D eigenvalue weighted by atomic mass is 10.1. The van der Waals surface area contributed by atoms with E-state index in [1.54, 1.807) is 40.6 Å². The molecule has 1 amide bonds. The van der Waals surface area contributed by atoms with Gasteiger partial charge in [-0.1, -0.05) is 47.7 Å². The summed E-state index contributed by atoms with van der Waals surface area (Å²) in [5, 5.41) is 26.8. The molecule has 0 spiro atoms. The number of hydroxylamine groups is 1. The summed E-state index contributed by atoms with van der Waals surface area (Å²) >= 11 is 0. The number of aromatic nitrogens is 3. The number of carboxylic acid groups (broad SMARTS) is 1. The van der Waals surface area contributed by atoms with Gasteiger partial charge in [0.2, 0.25) is 0 Å². The fourth-order valence-corrected chi connectivity index (χ4v) is 3.76. The minimum Gasteiger partial charge on any atom is -0.480 e. The molecule has 0 unspecified atom stereocenters. The van der Waals surface area contributed by atoms with Gasteiger partial charge in [-0.3, -0.25) is 19.7 Å². The number of nitrogens with zero attached hydrogens (tertiary/aromatic N) is 4. The Morgan fingerprint density at radius 2 is 1.83 bits per heavy atom. The molecule has 30 heavy (non-hydrogen) atoms. The zero-order valence-electron chi connectivity index (χ0n) is 16.0. The van der Waals surface area contributed by atoms with Gasteiger partial charge in [0.05, 0.1) is 12.2 Å². The predicted octanol–water partition coefficient (Wildman–Crippen LogP) is 1.96. The van der Waals surface area contributed by atoms with Gasteiger partial charge in [0.1, 0.15) is 11.7 Å². The van der Waals surface area contributed by atoms with Gasteiger partial charge in [0.15, 0.2) is 0 Å². The second kappa shape index (κ2) is 8.44. The number of carboxylic acids is 1. The number of benzene rings is 2. The van der Waals surface area contributed by atoms with Crippen LogP contribution in [0.5, 0.6) is 0 Å². The molecule has 2 aromatic carbocycles. The number of hydrogen-bond acceptors (Lipinski definition) is 6. The van der Waals surface area contributed by atoms with E-state index in [1.807, 2.05) is 35.2 Å². The predicted molar refractivity (Wildman–Crippen MR) is 107 cm³/mol. The largest absolute Gasteiger partial charge is 0.480 e. The lowest BCUT2D eigenvalue weighted by Gasteiger charge is -2.20. The lowest BCUT2D eigenvalue weighted by molar-refractivity contribution is -0.142. The van der Waals surface area contributed by atoms with E-state index in [0.29, 0.717) is 30.8 Å². The van der Waals surface area contributed by atoms with Crippen LogP contribution in [0.4, 0.5) is 0 Å². The van der Waals surface area contributed by atoms with Gasteiger partial charge in [-0.05, 0) is 24.1 Å². The van der Waals surface area contributed by atoms with Crippen LogP contribution in [-0.2, 0) is 11.3 Å². The highest BCUT2D eigenvalue weighted by atomic mass is 16.5. The van der Waals surface area contributed by atoms with Gasteiger partial charge in [0, 0.05) is 24.2 Å².